The summed E-state index contributed by atoms with van der Waals surface area (Å²) < 4.78 is 33.2. The Kier molecular flexibility index (Phi) is 4.27. The summed E-state index contributed by atoms with van der Waals surface area (Å²) in [6, 6.07) is 0. The fraction of sp³-hybridized carbons (Fsp3) is 0.870. The Morgan fingerprint density at radius 3 is 2.68 bits per heavy atom. The van der Waals surface area contributed by atoms with E-state index in [2.05, 4.69) is 19.9 Å². The fourth-order valence-electron chi connectivity index (χ4n) is 7.85. The van der Waals surface area contributed by atoms with E-state index < -0.39 is 12.0 Å². The molecule has 0 bridgehead atoms. The predicted molar refractivity (Wildman–Crippen MR) is 102 cm³/mol. The molecule has 0 aromatic carbocycles. The number of ether oxygens (including phenoxy) is 3. The van der Waals surface area contributed by atoms with Crippen LogP contribution in [0.4, 0.5) is 4.39 Å². The Morgan fingerprint density at radius 1 is 1.21 bits per heavy atom. The van der Waals surface area contributed by atoms with E-state index in [0.29, 0.717) is 31.5 Å². The summed E-state index contributed by atoms with van der Waals surface area (Å²) in [7, 11) is 0. The van der Waals surface area contributed by atoms with Crippen molar-refractivity contribution in [3.8, 4) is 0 Å². The lowest BCUT2D eigenvalue weighted by Gasteiger charge is -2.58. The van der Waals surface area contributed by atoms with E-state index in [1.54, 1.807) is 0 Å². The summed E-state index contributed by atoms with van der Waals surface area (Å²) in [6.07, 6.45) is 7.67. The fourth-order valence-corrected chi connectivity index (χ4v) is 7.85. The van der Waals surface area contributed by atoms with Gasteiger partial charge in [0, 0.05) is 31.1 Å². The van der Waals surface area contributed by atoms with E-state index in [4.69, 9.17) is 14.2 Å². The van der Waals surface area contributed by atoms with E-state index in [1.165, 1.54) is 12.5 Å². The summed E-state index contributed by atoms with van der Waals surface area (Å²) in [6.45, 7) is 7.26. The van der Waals surface area contributed by atoms with Crippen LogP contribution in [0.3, 0.4) is 0 Å². The van der Waals surface area contributed by atoms with Crippen LogP contribution in [0.25, 0.3) is 0 Å². The van der Waals surface area contributed by atoms with Crippen LogP contribution in [-0.2, 0) is 19.0 Å². The van der Waals surface area contributed by atoms with E-state index >= 15 is 4.39 Å². The van der Waals surface area contributed by atoms with Crippen molar-refractivity contribution >= 4 is 5.97 Å². The van der Waals surface area contributed by atoms with Crippen LogP contribution in [0.1, 0.15) is 65.7 Å². The minimum atomic E-state index is -0.855. The molecule has 5 heteroatoms. The first-order valence-corrected chi connectivity index (χ1v) is 11.1. The highest BCUT2D eigenvalue weighted by Crippen LogP contribution is 2.69. The predicted octanol–water partition coefficient (Wildman–Crippen LogP) is 4.57. The van der Waals surface area contributed by atoms with Crippen molar-refractivity contribution in [2.24, 2.45) is 28.6 Å². The highest BCUT2D eigenvalue weighted by molar-refractivity contribution is 5.66. The zero-order chi connectivity index (χ0) is 19.7. The van der Waals surface area contributed by atoms with E-state index in [9.17, 15) is 4.79 Å². The molecule has 4 fully saturated rings. The molecule has 1 spiro atoms. The standard InChI is InChI=1S/C23H33FO4/c1-14(25)28-16-6-8-21(2)15(12-16)4-5-17-18(21)7-9-22(3)20(17)19(24)13-23(22)26-10-11-27-23/h4,16-20H,5-13H2,1-3H3/t16-,17?,18?,19?,20?,21-,22-/m0/s1. The average molecular weight is 393 g/mol. The van der Waals surface area contributed by atoms with E-state index in [-0.39, 0.29) is 28.8 Å². The lowest BCUT2D eigenvalue weighted by molar-refractivity contribution is -0.242. The number of carbonyl (C=O) groups is 1. The van der Waals surface area contributed by atoms with Gasteiger partial charge in [0.15, 0.2) is 5.79 Å². The van der Waals surface area contributed by atoms with Crippen molar-refractivity contribution in [2.75, 3.05) is 13.2 Å². The Morgan fingerprint density at radius 2 is 1.96 bits per heavy atom. The van der Waals surface area contributed by atoms with Crippen LogP contribution in [-0.4, -0.2) is 37.2 Å². The van der Waals surface area contributed by atoms with Crippen LogP contribution >= 0.6 is 0 Å². The molecule has 0 amide bonds. The van der Waals surface area contributed by atoms with Crippen molar-refractivity contribution in [2.45, 2.75) is 83.8 Å². The third-order valence-corrected chi connectivity index (χ3v) is 9.12. The molecule has 0 aromatic rings. The van der Waals surface area contributed by atoms with Gasteiger partial charge >= 0.3 is 5.97 Å². The second-order valence-corrected chi connectivity index (χ2v) is 10.3. The number of rotatable bonds is 1. The van der Waals surface area contributed by atoms with Crippen LogP contribution in [0.5, 0.6) is 0 Å². The molecule has 3 saturated carbocycles. The normalized spacial score (nSPS) is 49.1. The number of fused-ring (bicyclic) bond motifs is 6. The molecule has 5 aliphatic rings. The van der Waals surface area contributed by atoms with Gasteiger partial charge in [0.1, 0.15) is 12.3 Å². The van der Waals surface area contributed by atoms with Gasteiger partial charge in [-0.3, -0.25) is 4.79 Å². The molecule has 1 aliphatic heterocycles. The topological polar surface area (TPSA) is 44.8 Å². The van der Waals surface area contributed by atoms with Gasteiger partial charge in [-0.1, -0.05) is 25.5 Å². The van der Waals surface area contributed by atoms with Gasteiger partial charge in [-0.25, -0.2) is 4.39 Å². The molecule has 1 saturated heterocycles. The zero-order valence-corrected chi connectivity index (χ0v) is 17.3. The van der Waals surface area contributed by atoms with Crippen LogP contribution in [0.15, 0.2) is 11.6 Å². The molecule has 1 heterocycles. The molecule has 0 N–H and O–H groups in total. The highest BCUT2D eigenvalue weighted by Gasteiger charge is 2.70. The summed E-state index contributed by atoms with van der Waals surface area (Å²) in [5, 5.41) is 0. The van der Waals surface area contributed by atoms with Crippen LogP contribution in [0.2, 0.25) is 0 Å². The number of halogens is 1. The second kappa shape index (κ2) is 6.28. The SMILES string of the molecule is CC(=O)O[C@H]1CC[C@@]2(C)C(=CCC3C2CC[C@@]2(C)C3C(F)CC23OCCO3)C1. The third kappa shape index (κ3) is 2.44. The summed E-state index contributed by atoms with van der Waals surface area (Å²) in [5.74, 6) is -0.0480. The molecule has 4 nitrogen and oxygen atoms in total. The number of esters is 1. The second-order valence-electron chi connectivity index (χ2n) is 10.3. The zero-order valence-electron chi connectivity index (χ0n) is 17.3. The first-order chi connectivity index (χ1) is 13.3. The van der Waals surface area contributed by atoms with Gasteiger partial charge in [-0.05, 0) is 49.4 Å². The molecule has 0 aromatic heterocycles. The van der Waals surface area contributed by atoms with Crippen molar-refractivity contribution in [1.29, 1.82) is 0 Å². The Labute approximate surface area is 167 Å². The van der Waals surface area contributed by atoms with Crippen LogP contribution in [0, 0.1) is 28.6 Å². The molecule has 7 atom stereocenters. The van der Waals surface area contributed by atoms with Gasteiger partial charge in [0.25, 0.3) is 0 Å². The maximum Gasteiger partial charge on any atom is 0.302 e. The molecular weight excluding hydrogens is 359 g/mol. The quantitative estimate of drug-likeness (QED) is 0.484. The molecule has 0 radical (unpaired) electrons. The van der Waals surface area contributed by atoms with Gasteiger partial charge in [0.05, 0.1) is 13.2 Å². The van der Waals surface area contributed by atoms with Gasteiger partial charge in [-0.2, -0.15) is 0 Å². The van der Waals surface area contributed by atoms with Gasteiger partial charge in [-0.15, -0.1) is 0 Å². The van der Waals surface area contributed by atoms with Crippen LogP contribution < -0.4 is 0 Å². The van der Waals surface area contributed by atoms with Crippen molar-refractivity contribution < 1.29 is 23.4 Å². The molecule has 156 valence electrons. The molecular formula is C23H33FO4. The monoisotopic (exact) mass is 392 g/mol. The lowest BCUT2D eigenvalue weighted by atomic mass is 9.47. The number of hydrogen-bond donors (Lipinski definition) is 0. The summed E-state index contributed by atoms with van der Waals surface area (Å²) >= 11 is 0. The Balaban J connectivity index is 1.44. The smallest absolute Gasteiger partial charge is 0.302 e. The number of allylic oxidation sites excluding steroid dienone is 1. The summed E-state index contributed by atoms with van der Waals surface area (Å²) in [4.78, 5) is 11.4. The average Bonchev–Trinajstić information content (AvgIpc) is 3.19. The molecule has 4 aliphatic carbocycles. The molecule has 5 rings (SSSR count). The minimum Gasteiger partial charge on any atom is -0.462 e. The van der Waals surface area contributed by atoms with Crippen molar-refractivity contribution in [3.05, 3.63) is 11.6 Å². The number of alkyl halides is 1. The van der Waals surface area contributed by atoms with E-state index in [1.807, 2.05) is 0 Å². The first-order valence-electron chi connectivity index (χ1n) is 11.1. The number of hydrogen-bond acceptors (Lipinski definition) is 4. The van der Waals surface area contributed by atoms with Gasteiger partial charge < -0.3 is 14.2 Å². The lowest BCUT2D eigenvalue weighted by Crippen LogP contribution is -2.55. The van der Waals surface area contributed by atoms with Crippen molar-refractivity contribution in [1.82, 2.24) is 0 Å². The highest BCUT2D eigenvalue weighted by atomic mass is 19.1. The molecule has 4 unspecified atom stereocenters. The maximum atomic E-state index is 15.5. The summed E-state index contributed by atoms with van der Waals surface area (Å²) in [5.41, 5.74) is 1.31. The largest absolute Gasteiger partial charge is 0.462 e. The number of carbonyl (C=O) groups excluding carboxylic acids is 1. The first kappa shape index (κ1) is 19.0. The molecule has 28 heavy (non-hydrogen) atoms. The maximum absolute atomic E-state index is 15.5. The Bertz CT molecular complexity index is 699. The Hall–Kier alpha value is -0.940. The van der Waals surface area contributed by atoms with Crippen molar-refractivity contribution in [3.63, 3.8) is 0 Å². The third-order valence-electron chi connectivity index (χ3n) is 9.12. The minimum absolute atomic E-state index is 0.00479. The van der Waals surface area contributed by atoms with E-state index in [0.717, 1.165) is 38.5 Å². The van der Waals surface area contributed by atoms with Gasteiger partial charge in [0.2, 0.25) is 0 Å².